The molecule has 1 heterocycles. The minimum atomic E-state index is -0.977. The third-order valence-corrected chi connectivity index (χ3v) is 6.37. The van der Waals surface area contributed by atoms with Crippen molar-refractivity contribution in [3.8, 4) is 0 Å². The van der Waals surface area contributed by atoms with Gasteiger partial charge in [-0.05, 0) is 19.3 Å². The van der Waals surface area contributed by atoms with Gasteiger partial charge in [0.15, 0.2) is 0 Å². The van der Waals surface area contributed by atoms with E-state index in [1.54, 1.807) is 0 Å². The summed E-state index contributed by atoms with van der Waals surface area (Å²) in [6, 6.07) is 0. The van der Waals surface area contributed by atoms with E-state index in [-0.39, 0.29) is 13.2 Å². The fourth-order valence-electron chi connectivity index (χ4n) is 4.30. The molecule has 1 aliphatic heterocycles. The lowest BCUT2D eigenvalue weighted by Gasteiger charge is -2.24. The van der Waals surface area contributed by atoms with E-state index in [1.165, 1.54) is 96.3 Å². The van der Waals surface area contributed by atoms with Crippen LogP contribution >= 0.6 is 0 Å². The third kappa shape index (κ3) is 14.3. The predicted octanol–water partition coefficient (Wildman–Crippen LogP) is 5.30. The Morgan fingerprint density at radius 2 is 1.23 bits per heavy atom. The highest BCUT2D eigenvalue weighted by molar-refractivity contribution is 4.88. The summed E-state index contributed by atoms with van der Waals surface area (Å²) in [5.74, 6) is 0. The maximum absolute atomic E-state index is 9.85. The molecule has 1 aliphatic rings. The van der Waals surface area contributed by atoms with E-state index in [9.17, 15) is 15.3 Å². The SMILES string of the molecule is C=CCCCCCCCCCCCCCCCCCCO[C@@H](CO)[C@@H]1OC[C@@H](O)[C@@H]1O. The summed E-state index contributed by atoms with van der Waals surface area (Å²) in [6.07, 6.45) is 21.3. The minimum absolute atomic E-state index is 0.0996. The first-order valence-corrected chi connectivity index (χ1v) is 13.0. The third-order valence-electron chi connectivity index (χ3n) is 6.37. The fourth-order valence-corrected chi connectivity index (χ4v) is 4.30. The number of rotatable bonds is 22. The summed E-state index contributed by atoms with van der Waals surface area (Å²) in [5.41, 5.74) is 0. The van der Waals surface area contributed by atoms with Gasteiger partial charge in [-0.3, -0.25) is 0 Å². The van der Waals surface area contributed by atoms with Gasteiger partial charge in [-0.15, -0.1) is 6.58 Å². The molecule has 0 radical (unpaired) electrons. The maximum atomic E-state index is 9.85. The normalized spacial score (nSPS) is 22.1. The first-order valence-electron chi connectivity index (χ1n) is 13.0. The molecular weight excluding hydrogens is 392 g/mol. The van der Waals surface area contributed by atoms with Gasteiger partial charge in [-0.2, -0.15) is 0 Å². The molecule has 1 rings (SSSR count). The average molecular weight is 443 g/mol. The lowest BCUT2D eigenvalue weighted by Crippen LogP contribution is -2.42. The zero-order valence-corrected chi connectivity index (χ0v) is 19.9. The molecule has 0 aromatic rings. The van der Waals surface area contributed by atoms with Crippen LogP contribution in [0, 0.1) is 0 Å². The highest BCUT2D eigenvalue weighted by Crippen LogP contribution is 2.20. The zero-order chi connectivity index (χ0) is 22.6. The number of aliphatic hydroxyl groups is 3. The van der Waals surface area contributed by atoms with Gasteiger partial charge >= 0.3 is 0 Å². The molecule has 5 heteroatoms. The van der Waals surface area contributed by atoms with Gasteiger partial charge in [0.25, 0.3) is 0 Å². The molecule has 184 valence electrons. The van der Waals surface area contributed by atoms with Crippen LogP contribution in [0.25, 0.3) is 0 Å². The summed E-state index contributed by atoms with van der Waals surface area (Å²) in [4.78, 5) is 0. The summed E-state index contributed by atoms with van der Waals surface area (Å²) in [6.45, 7) is 4.22. The molecule has 0 aliphatic carbocycles. The number of aliphatic hydroxyl groups excluding tert-OH is 3. The van der Waals surface area contributed by atoms with Crippen molar-refractivity contribution in [3.63, 3.8) is 0 Å². The Balaban J connectivity index is 1.78. The second-order valence-electron chi connectivity index (χ2n) is 9.18. The summed E-state index contributed by atoms with van der Waals surface area (Å²) in [5, 5.41) is 28.8. The first kappa shape index (κ1) is 28.6. The van der Waals surface area contributed by atoms with Crippen molar-refractivity contribution < 1.29 is 24.8 Å². The first-order chi connectivity index (χ1) is 15.2. The van der Waals surface area contributed by atoms with Gasteiger partial charge in [0.05, 0.1) is 13.2 Å². The molecule has 0 aromatic heterocycles. The van der Waals surface area contributed by atoms with E-state index < -0.39 is 24.4 Å². The van der Waals surface area contributed by atoms with Gasteiger partial charge in [-0.25, -0.2) is 0 Å². The number of allylic oxidation sites excluding steroid dienone is 1. The molecule has 0 unspecified atom stereocenters. The van der Waals surface area contributed by atoms with Crippen LogP contribution in [0.4, 0.5) is 0 Å². The van der Waals surface area contributed by atoms with Gasteiger partial charge < -0.3 is 24.8 Å². The maximum Gasteiger partial charge on any atom is 0.114 e. The van der Waals surface area contributed by atoms with Crippen LogP contribution in [0.15, 0.2) is 12.7 Å². The quantitative estimate of drug-likeness (QED) is 0.157. The van der Waals surface area contributed by atoms with Crippen molar-refractivity contribution in [1.29, 1.82) is 0 Å². The summed E-state index contributed by atoms with van der Waals surface area (Å²) >= 11 is 0. The van der Waals surface area contributed by atoms with Crippen LogP contribution in [0.5, 0.6) is 0 Å². The molecule has 0 bridgehead atoms. The highest BCUT2D eigenvalue weighted by Gasteiger charge is 2.40. The van der Waals surface area contributed by atoms with Crippen molar-refractivity contribution in [3.05, 3.63) is 12.7 Å². The highest BCUT2D eigenvalue weighted by atomic mass is 16.6. The monoisotopic (exact) mass is 442 g/mol. The van der Waals surface area contributed by atoms with Crippen LogP contribution in [0.2, 0.25) is 0 Å². The molecule has 0 amide bonds. The van der Waals surface area contributed by atoms with Crippen LogP contribution in [-0.2, 0) is 9.47 Å². The molecule has 0 spiro atoms. The lowest BCUT2D eigenvalue weighted by molar-refractivity contribution is -0.101. The molecule has 0 aromatic carbocycles. The van der Waals surface area contributed by atoms with Crippen molar-refractivity contribution in [1.82, 2.24) is 0 Å². The van der Waals surface area contributed by atoms with Crippen molar-refractivity contribution in [2.75, 3.05) is 19.8 Å². The van der Waals surface area contributed by atoms with E-state index >= 15 is 0 Å². The molecule has 5 nitrogen and oxygen atoms in total. The van der Waals surface area contributed by atoms with Gasteiger partial charge in [-0.1, -0.05) is 96.0 Å². The predicted molar refractivity (Wildman–Crippen MR) is 127 cm³/mol. The molecule has 0 saturated carbocycles. The largest absolute Gasteiger partial charge is 0.394 e. The topological polar surface area (TPSA) is 79.2 Å². The van der Waals surface area contributed by atoms with Crippen molar-refractivity contribution in [2.24, 2.45) is 0 Å². The molecule has 3 N–H and O–H groups in total. The van der Waals surface area contributed by atoms with Gasteiger partial charge in [0.1, 0.15) is 24.4 Å². The Bertz CT molecular complexity index is 403. The van der Waals surface area contributed by atoms with Crippen molar-refractivity contribution in [2.45, 2.75) is 134 Å². The van der Waals surface area contributed by atoms with Crippen LogP contribution in [0.3, 0.4) is 0 Å². The molecule has 1 saturated heterocycles. The zero-order valence-electron chi connectivity index (χ0n) is 19.9. The van der Waals surface area contributed by atoms with Gasteiger partial charge in [0.2, 0.25) is 0 Å². The second kappa shape index (κ2) is 20.2. The Morgan fingerprint density at radius 1 is 0.774 bits per heavy atom. The summed E-state index contributed by atoms with van der Waals surface area (Å²) in [7, 11) is 0. The Kier molecular flexibility index (Phi) is 18.6. The number of ether oxygens (including phenoxy) is 2. The Labute approximate surface area is 191 Å². The smallest absolute Gasteiger partial charge is 0.114 e. The Hall–Kier alpha value is -0.460. The van der Waals surface area contributed by atoms with E-state index in [0.717, 1.165) is 12.8 Å². The van der Waals surface area contributed by atoms with E-state index in [4.69, 9.17) is 9.47 Å². The summed E-state index contributed by atoms with van der Waals surface area (Å²) < 4.78 is 11.0. The van der Waals surface area contributed by atoms with Crippen LogP contribution in [-0.4, -0.2) is 59.6 Å². The van der Waals surface area contributed by atoms with Crippen LogP contribution in [0.1, 0.15) is 109 Å². The molecular formula is C26H50O5. The van der Waals surface area contributed by atoms with Crippen molar-refractivity contribution >= 4 is 0 Å². The fraction of sp³-hybridized carbons (Fsp3) is 0.923. The van der Waals surface area contributed by atoms with E-state index in [0.29, 0.717) is 6.61 Å². The standard InChI is InChI=1S/C26H50O5/c1-2-3-4-5-6-7-8-9-10-11-12-13-14-15-16-17-18-19-20-30-24(21-27)26-25(29)23(28)22-31-26/h2,23-29H,1,3-22H2/t23-,24+,25+,26+/m1/s1. The Morgan fingerprint density at radius 3 is 1.61 bits per heavy atom. The molecule has 1 fully saturated rings. The number of hydrogen-bond acceptors (Lipinski definition) is 5. The average Bonchev–Trinajstić information content (AvgIpc) is 3.11. The lowest BCUT2D eigenvalue weighted by atomic mass is 10.0. The second-order valence-corrected chi connectivity index (χ2v) is 9.18. The molecule has 31 heavy (non-hydrogen) atoms. The van der Waals surface area contributed by atoms with E-state index in [2.05, 4.69) is 6.58 Å². The minimum Gasteiger partial charge on any atom is -0.394 e. The van der Waals surface area contributed by atoms with E-state index in [1.807, 2.05) is 6.08 Å². The number of hydrogen-bond donors (Lipinski definition) is 3. The van der Waals surface area contributed by atoms with Gasteiger partial charge in [0, 0.05) is 6.61 Å². The van der Waals surface area contributed by atoms with Crippen LogP contribution < -0.4 is 0 Å². The molecule has 4 atom stereocenters. The number of unbranched alkanes of at least 4 members (excludes halogenated alkanes) is 16.